The minimum Gasteiger partial charge on any atom is -0.465 e. The minimum absolute atomic E-state index is 0.155. The highest BCUT2D eigenvalue weighted by Gasteiger charge is 2.34. The molecule has 24 heavy (non-hydrogen) atoms. The third-order valence-corrected chi connectivity index (χ3v) is 5.08. The molecule has 4 heteroatoms. The molecule has 0 rings (SSSR count). The molecule has 1 atom stereocenters. The van der Waals surface area contributed by atoms with Crippen molar-refractivity contribution in [3.05, 3.63) is 0 Å². The van der Waals surface area contributed by atoms with Crippen LogP contribution >= 0.6 is 0 Å². The highest BCUT2D eigenvalue weighted by atomic mass is 16.5. The molecule has 0 aliphatic rings. The molecule has 1 N–H and O–H groups in total. The van der Waals surface area contributed by atoms with Crippen molar-refractivity contribution in [1.82, 2.24) is 0 Å². The van der Waals surface area contributed by atoms with Gasteiger partial charge < -0.3 is 14.3 Å². The number of aliphatic hydroxyl groups is 1. The Balaban J connectivity index is 3.59. The summed E-state index contributed by atoms with van der Waals surface area (Å²) in [6.07, 6.45) is 16.0. The van der Waals surface area contributed by atoms with Gasteiger partial charge in [-0.25, -0.2) is 4.79 Å². The summed E-state index contributed by atoms with van der Waals surface area (Å²) in [6, 6.07) is -0.470. The van der Waals surface area contributed by atoms with Gasteiger partial charge in [-0.15, -0.1) is 0 Å². The number of methoxy groups -OCH3 is 1. The summed E-state index contributed by atoms with van der Waals surface area (Å²) in [4.78, 5) is 11.7. The van der Waals surface area contributed by atoms with Gasteiger partial charge in [-0.1, -0.05) is 71.1 Å². The molecular formula is C20H42NO3+. The van der Waals surface area contributed by atoms with Crippen LogP contribution in [0.15, 0.2) is 0 Å². The Bertz CT molecular complexity index is 305. The van der Waals surface area contributed by atoms with E-state index in [0.717, 1.165) is 13.0 Å². The predicted octanol–water partition coefficient (Wildman–Crippen LogP) is 4.30. The van der Waals surface area contributed by atoms with Gasteiger partial charge in [0.05, 0.1) is 27.7 Å². The Morgan fingerprint density at radius 3 is 1.67 bits per heavy atom. The largest absolute Gasteiger partial charge is 0.465 e. The molecule has 0 saturated carbocycles. The van der Waals surface area contributed by atoms with E-state index in [0.29, 0.717) is 4.48 Å². The van der Waals surface area contributed by atoms with Crippen LogP contribution in [-0.2, 0) is 9.53 Å². The number of unbranched alkanes of at least 4 members (excludes halogenated alkanes) is 11. The van der Waals surface area contributed by atoms with E-state index >= 15 is 0 Å². The Morgan fingerprint density at radius 1 is 0.875 bits per heavy atom. The molecule has 144 valence electrons. The van der Waals surface area contributed by atoms with Gasteiger partial charge in [0, 0.05) is 0 Å². The van der Waals surface area contributed by atoms with E-state index in [4.69, 9.17) is 4.74 Å². The monoisotopic (exact) mass is 344 g/mol. The average molecular weight is 345 g/mol. The predicted molar refractivity (Wildman–Crippen MR) is 101 cm³/mol. The van der Waals surface area contributed by atoms with Gasteiger partial charge in [0.1, 0.15) is 6.61 Å². The molecule has 0 radical (unpaired) electrons. The third-order valence-electron chi connectivity index (χ3n) is 5.08. The molecule has 0 amide bonds. The van der Waals surface area contributed by atoms with Crippen LogP contribution in [0, 0.1) is 0 Å². The Labute approximate surface area is 150 Å². The molecule has 4 nitrogen and oxygen atoms in total. The van der Waals surface area contributed by atoms with Gasteiger partial charge in [0.2, 0.25) is 6.04 Å². The molecule has 0 spiro atoms. The number of carbonyl (C=O) groups excluding carboxylic acids is 1. The number of likely N-dealkylation sites (N-methyl/N-ethyl adjacent to an activating group) is 1. The first-order chi connectivity index (χ1) is 11.5. The smallest absolute Gasteiger partial charge is 0.367 e. The third kappa shape index (κ3) is 11.0. The summed E-state index contributed by atoms with van der Waals surface area (Å²) >= 11 is 0. The van der Waals surface area contributed by atoms with E-state index < -0.39 is 6.04 Å². The molecular weight excluding hydrogens is 302 g/mol. The fourth-order valence-electron chi connectivity index (χ4n) is 3.23. The maximum absolute atomic E-state index is 11.7. The van der Waals surface area contributed by atoms with Crippen LogP contribution in [0.2, 0.25) is 0 Å². The van der Waals surface area contributed by atoms with Crippen molar-refractivity contribution >= 4 is 5.97 Å². The number of hydrogen-bond acceptors (Lipinski definition) is 3. The van der Waals surface area contributed by atoms with E-state index in [1.807, 2.05) is 14.1 Å². The maximum Gasteiger partial charge on any atom is 0.367 e. The van der Waals surface area contributed by atoms with Crippen LogP contribution in [-0.4, -0.2) is 56.0 Å². The second-order valence-electron chi connectivity index (χ2n) is 7.61. The number of carbonyl (C=O) groups is 1. The van der Waals surface area contributed by atoms with Crippen molar-refractivity contribution < 1.29 is 19.1 Å². The van der Waals surface area contributed by atoms with Crippen molar-refractivity contribution in [2.45, 2.75) is 90.0 Å². The summed E-state index contributed by atoms with van der Waals surface area (Å²) in [6.45, 7) is 3.01. The normalized spacial score (nSPS) is 13.0. The lowest BCUT2D eigenvalue weighted by Gasteiger charge is -2.35. The fraction of sp³-hybridized carbons (Fsp3) is 0.950. The summed E-state index contributed by atoms with van der Waals surface area (Å²) in [5, 5.41) is 9.44. The molecule has 0 aromatic heterocycles. The van der Waals surface area contributed by atoms with Crippen molar-refractivity contribution in [3.63, 3.8) is 0 Å². The standard InChI is InChI=1S/C20H42NO3/c1-5-6-7-8-9-10-11-12-13-14-15-16-17-21(2,3)19(18-22)20(23)24-4/h19,22H,5-18H2,1-4H3/q+1/t19-/m0/s1. The van der Waals surface area contributed by atoms with Crippen molar-refractivity contribution in [1.29, 1.82) is 0 Å². The van der Waals surface area contributed by atoms with Gasteiger partial charge in [-0.2, -0.15) is 0 Å². The van der Waals surface area contributed by atoms with Crippen molar-refractivity contribution in [2.75, 3.05) is 34.4 Å². The molecule has 0 aromatic rings. The molecule has 0 aromatic carbocycles. The first-order valence-electron chi connectivity index (χ1n) is 10.0. The van der Waals surface area contributed by atoms with Crippen LogP contribution in [0.3, 0.4) is 0 Å². The molecule has 0 bridgehead atoms. The lowest BCUT2D eigenvalue weighted by atomic mass is 10.0. The number of aliphatic hydroxyl groups excluding tert-OH is 1. The summed E-state index contributed by atoms with van der Waals surface area (Å²) < 4.78 is 5.29. The SMILES string of the molecule is CCCCCCCCCCCCCC[N+](C)(C)[C@@H](CO)C(=O)OC. The molecule has 0 fully saturated rings. The zero-order chi connectivity index (χ0) is 18.3. The quantitative estimate of drug-likeness (QED) is 0.258. The molecule has 0 saturated heterocycles. The topological polar surface area (TPSA) is 46.5 Å². The average Bonchev–Trinajstić information content (AvgIpc) is 2.56. The highest BCUT2D eigenvalue weighted by Crippen LogP contribution is 2.14. The molecule has 0 aliphatic heterocycles. The maximum atomic E-state index is 11.7. The molecule has 0 aliphatic carbocycles. The lowest BCUT2D eigenvalue weighted by molar-refractivity contribution is -0.907. The first kappa shape index (κ1) is 23.4. The lowest BCUT2D eigenvalue weighted by Crippen LogP contribution is -2.55. The Kier molecular flexibility index (Phi) is 14.3. The summed E-state index contributed by atoms with van der Waals surface area (Å²) in [7, 11) is 5.38. The Hall–Kier alpha value is -0.610. The van der Waals surface area contributed by atoms with Crippen molar-refractivity contribution in [2.24, 2.45) is 0 Å². The van der Waals surface area contributed by atoms with Gasteiger partial charge in [-0.05, 0) is 12.8 Å². The van der Waals surface area contributed by atoms with Crippen LogP contribution in [0.1, 0.15) is 84.0 Å². The van der Waals surface area contributed by atoms with Crippen LogP contribution in [0.25, 0.3) is 0 Å². The zero-order valence-electron chi connectivity index (χ0n) is 16.7. The number of esters is 1. The number of hydrogen-bond donors (Lipinski definition) is 1. The first-order valence-corrected chi connectivity index (χ1v) is 10.0. The minimum atomic E-state index is -0.470. The van der Waals surface area contributed by atoms with E-state index in [2.05, 4.69) is 6.92 Å². The van der Waals surface area contributed by atoms with Gasteiger partial charge in [-0.3, -0.25) is 0 Å². The van der Waals surface area contributed by atoms with E-state index in [1.54, 1.807) is 0 Å². The molecule has 0 heterocycles. The van der Waals surface area contributed by atoms with Crippen LogP contribution in [0.4, 0.5) is 0 Å². The number of nitrogens with zero attached hydrogens (tertiary/aromatic N) is 1. The zero-order valence-corrected chi connectivity index (χ0v) is 16.7. The van der Waals surface area contributed by atoms with Crippen LogP contribution in [0.5, 0.6) is 0 Å². The van der Waals surface area contributed by atoms with E-state index in [-0.39, 0.29) is 12.6 Å². The Morgan fingerprint density at radius 2 is 1.29 bits per heavy atom. The van der Waals surface area contributed by atoms with Gasteiger partial charge in [0.25, 0.3) is 0 Å². The second-order valence-corrected chi connectivity index (χ2v) is 7.61. The second kappa shape index (κ2) is 14.7. The molecule has 0 unspecified atom stereocenters. The van der Waals surface area contributed by atoms with Gasteiger partial charge >= 0.3 is 5.97 Å². The summed E-state index contributed by atoms with van der Waals surface area (Å²) in [5.41, 5.74) is 0. The number of rotatable bonds is 16. The van der Waals surface area contributed by atoms with Gasteiger partial charge in [0.15, 0.2) is 0 Å². The van der Waals surface area contributed by atoms with E-state index in [1.165, 1.54) is 77.7 Å². The number of ether oxygens (including phenoxy) is 1. The highest BCUT2D eigenvalue weighted by molar-refractivity contribution is 5.74. The summed E-state index contributed by atoms with van der Waals surface area (Å²) in [5.74, 6) is -0.318. The van der Waals surface area contributed by atoms with Crippen molar-refractivity contribution in [3.8, 4) is 0 Å². The fourth-order valence-corrected chi connectivity index (χ4v) is 3.23. The van der Waals surface area contributed by atoms with E-state index in [9.17, 15) is 9.90 Å². The number of quaternary nitrogens is 1. The van der Waals surface area contributed by atoms with Crippen LogP contribution < -0.4 is 0 Å².